The molecule has 142 valence electrons. The molecule has 1 fully saturated rings. The number of nitrogens with one attached hydrogen (secondary N) is 1. The van der Waals surface area contributed by atoms with Gasteiger partial charge in [-0.3, -0.25) is 0 Å². The molecular weight excluding hydrogens is 455 g/mol. The molecule has 0 saturated carbocycles. The molecule has 1 aromatic heterocycles. The molecule has 1 saturated heterocycles. The summed E-state index contributed by atoms with van der Waals surface area (Å²) in [6.07, 6.45) is 1.74. The predicted octanol–water partition coefficient (Wildman–Crippen LogP) is 0.882. The summed E-state index contributed by atoms with van der Waals surface area (Å²) < 4.78 is 25.5. The van der Waals surface area contributed by atoms with E-state index < -0.39 is 14.6 Å². The average molecular weight is 482 g/mol. The summed E-state index contributed by atoms with van der Waals surface area (Å²) in [4.78, 5) is 6.59. The van der Waals surface area contributed by atoms with Gasteiger partial charge in [-0.1, -0.05) is 6.08 Å². The first-order valence-corrected chi connectivity index (χ1v) is 9.54. The summed E-state index contributed by atoms with van der Waals surface area (Å²) in [7, 11) is -1.19. The Hall–Kier alpha value is -1.17. The summed E-state index contributed by atoms with van der Waals surface area (Å²) >= 11 is 0. The van der Waals surface area contributed by atoms with Crippen LogP contribution in [-0.4, -0.2) is 64.2 Å². The van der Waals surface area contributed by atoms with Gasteiger partial charge >= 0.3 is 0 Å². The standard InChI is InChI=1S/C15H26N6O2S.HI/c1-6-7-16-14(17-10-13-19-18-12(2)20(13)5)21-8-9-24(22,23)15(3,4)11-21;/h6H,1,7-11H2,2-5H3,(H,16,17);1H. The molecule has 8 nitrogen and oxygen atoms in total. The Morgan fingerprint density at radius 2 is 2.12 bits per heavy atom. The van der Waals surface area contributed by atoms with Gasteiger partial charge in [-0.15, -0.1) is 40.8 Å². The van der Waals surface area contributed by atoms with Gasteiger partial charge in [0.25, 0.3) is 0 Å². The molecule has 1 aliphatic heterocycles. The Kier molecular flexibility index (Phi) is 7.41. The average Bonchev–Trinajstić information content (AvgIpc) is 2.82. The Balaban J connectivity index is 0.00000312. The van der Waals surface area contributed by atoms with Gasteiger partial charge < -0.3 is 14.8 Å². The molecule has 0 unspecified atom stereocenters. The maximum atomic E-state index is 12.2. The fourth-order valence-corrected chi connectivity index (χ4v) is 3.86. The fourth-order valence-electron chi connectivity index (χ4n) is 2.49. The fraction of sp³-hybridized carbons (Fsp3) is 0.667. The molecule has 1 aromatic rings. The van der Waals surface area contributed by atoms with Crippen LogP contribution in [-0.2, 0) is 23.4 Å². The van der Waals surface area contributed by atoms with Crippen LogP contribution < -0.4 is 5.32 Å². The van der Waals surface area contributed by atoms with Gasteiger partial charge in [-0.2, -0.15) is 0 Å². The molecule has 0 aliphatic carbocycles. The maximum absolute atomic E-state index is 12.2. The molecule has 1 aliphatic rings. The summed E-state index contributed by atoms with van der Waals surface area (Å²) in [6.45, 7) is 10.9. The number of hydrogen-bond acceptors (Lipinski definition) is 5. The summed E-state index contributed by atoms with van der Waals surface area (Å²) in [6, 6.07) is 0. The van der Waals surface area contributed by atoms with E-state index in [0.717, 1.165) is 11.6 Å². The second-order valence-electron chi connectivity index (χ2n) is 6.53. The Morgan fingerprint density at radius 1 is 1.44 bits per heavy atom. The highest BCUT2D eigenvalue weighted by molar-refractivity contribution is 14.0. The Labute approximate surface area is 166 Å². The van der Waals surface area contributed by atoms with Gasteiger partial charge in [-0.25, -0.2) is 13.4 Å². The largest absolute Gasteiger partial charge is 0.353 e. The summed E-state index contributed by atoms with van der Waals surface area (Å²) in [5, 5.41) is 11.3. The molecule has 0 atom stereocenters. The number of sulfone groups is 1. The van der Waals surface area contributed by atoms with E-state index in [9.17, 15) is 8.42 Å². The zero-order chi connectivity index (χ0) is 18.0. The molecule has 0 amide bonds. The number of aryl methyl sites for hydroxylation is 1. The molecular formula is C15H27IN6O2S. The van der Waals surface area contributed by atoms with Crippen LogP contribution in [0.2, 0.25) is 0 Å². The topological polar surface area (TPSA) is 92.5 Å². The van der Waals surface area contributed by atoms with Crippen molar-refractivity contribution in [3.63, 3.8) is 0 Å². The van der Waals surface area contributed by atoms with Crippen LogP contribution in [0.15, 0.2) is 17.6 Å². The maximum Gasteiger partial charge on any atom is 0.194 e. The highest BCUT2D eigenvalue weighted by Crippen LogP contribution is 2.23. The smallest absolute Gasteiger partial charge is 0.194 e. The second-order valence-corrected chi connectivity index (χ2v) is 9.27. The van der Waals surface area contributed by atoms with Crippen molar-refractivity contribution in [3.8, 4) is 0 Å². The van der Waals surface area contributed by atoms with E-state index in [1.165, 1.54) is 0 Å². The lowest BCUT2D eigenvalue weighted by atomic mass is 10.2. The number of nitrogens with zero attached hydrogens (tertiary/aromatic N) is 5. The minimum Gasteiger partial charge on any atom is -0.353 e. The number of hydrogen-bond donors (Lipinski definition) is 1. The first-order valence-electron chi connectivity index (χ1n) is 7.89. The van der Waals surface area contributed by atoms with Crippen LogP contribution >= 0.6 is 24.0 Å². The Morgan fingerprint density at radius 3 is 2.64 bits per heavy atom. The molecule has 1 N–H and O–H groups in total. The van der Waals surface area contributed by atoms with Crippen molar-refractivity contribution in [2.24, 2.45) is 12.0 Å². The van der Waals surface area contributed by atoms with E-state index in [-0.39, 0.29) is 29.7 Å². The van der Waals surface area contributed by atoms with Crippen molar-refractivity contribution < 1.29 is 8.42 Å². The van der Waals surface area contributed by atoms with Crippen molar-refractivity contribution in [1.82, 2.24) is 25.0 Å². The minimum atomic E-state index is -3.09. The van der Waals surface area contributed by atoms with Crippen LogP contribution in [0, 0.1) is 6.92 Å². The second kappa shape index (κ2) is 8.47. The van der Waals surface area contributed by atoms with Crippen molar-refractivity contribution in [3.05, 3.63) is 24.3 Å². The number of aromatic nitrogens is 3. The third-order valence-corrected chi connectivity index (χ3v) is 6.83. The van der Waals surface area contributed by atoms with Crippen LogP contribution in [0.1, 0.15) is 25.5 Å². The first kappa shape index (κ1) is 21.9. The molecule has 0 radical (unpaired) electrons. The van der Waals surface area contributed by atoms with Crippen molar-refractivity contribution >= 4 is 39.8 Å². The van der Waals surface area contributed by atoms with E-state index in [1.807, 2.05) is 23.4 Å². The lowest BCUT2D eigenvalue weighted by Crippen LogP contribution is -2.57. The van der Waals surface area contributed by atoms with Crippen LogP contribution in [0.25, 0.3) is 0 Å². The molecule has 25 heavy (non-hydrogen) atoms. The van der Waals surface area contributed by atoms with E-state index in [1.54, 1.807) is 19.9 Å². The van der Waals surface area contributed by atoms with E-state index in [4.69, 9.17) is 0 Å². The first-order chi connectivity index (χ1) is 11.2. The molecule has 2 heterocycles. The summed E-state index contributed by atoms with van der Waals surface area (Å²) in [5.41, 5.74) is 0. The summed E-state index contributed by atoms with van der Waals surface area (Å²) in [5.74, 6) is 2.37. The van der Waals surface area contributed by atoms with Gasteiger partial charge in [0.1, 0.15) is 12.4 Å². The normalized spacial score (nSPS) is 19.2. The monoisotopic (exact) mass is 482 g/mol. The number of aliphatic imine (C=N–C) groups is 1. The highest BCUT2D eigenvalue weighted by Gasteiger charge is 2.40. The van der Waals surface area contributed by atoms with Gasteiger partial charge in [0.05, 0.1) is 10.5 Å². The van der Waals surface area contributed by atoms with E-state index in [0.29, 0.717) is 32.1 Å². The minimum absolute atomic E-state index is 0. The van der Waals surface area contributed by atoms with Crippen molar-refractivity contribution in [2.75, 3.05) is 25.4 Å². The molecule has 0 aromatic carbocycles. The van der Waals surface area contributed by atoms with Crippen LogP contribution in [0.5, 0.6) is 0 Å². The van der Waals surface area contributed by atoms with Gasteiger partial charge in [0.15, 0.2) is 21.6 Å². The number of rotatable bonds is 4. The van der Waals surface area contributed by atoms with Gasteiger partial charge in [-0.05, 0) is 20.8 Å². The van der Waals surface area contributed by atoms with E-state index in [2.05, 4.69) is 27.1 Å². The zero-order valence-electron chi connectivity index (χ0n) is 15.2. The molecule has 10 heteroatoms. The van der Waals surface area contributed by atoms with Gasteiger partial charge in [0, 0.05) is 26.7 Å². The third-order valence-electron chi connectivity index (χ3n) is 4.30. The number of halogens is 1. The van der Waals surface area contributed by atoms with Crippen molar-refractivity contribution in [1.29, 1.82) is 0 Å². The molecule has 0 spiro atoms. The van der Waals surface area contributed by atoms with Crippen LogP contribution in [0.4, 0.5) is 0 Å². The zero-order valence-corrected chi connectivity index (χ0v) is 18.3. The van der Waals surface area contributed by atoms with Gasteiger partial charge in [0.2, 0.25) is 0 Å². The molecule has 0 bridgehead atoms. The Bertz CT molecular complexity index is 741. The molecule has 2 rings (SSSR count). The predicted molar refractivity (Wildman–Crippen MR) is 110 cm³/mol. The SMILES string of the molecule is C=CCNC(=NCc1nnc(C)n1C)N1CCS(=O)(=O)C(C)(C)C1.I. The highest BCUT2D eigenvalue weighted by atomic mass is 127. The van der Waals surface area contributed by atoms with Crippen molar-refractivity contribution in [2.45, 2.75) is 32.1 Å². The quantitative estimate of drug-likeness (QED) is 0.297. The number of guanidine groups is 1. The lowest BCUT2D eigenvalue weighted by Gasteiger charge is -2.39. The van der Waals surface area contributed by atoms with E-state index >= 15 is 0 Å². The van der Waals surface area contributed by atoms with Crippen LogP contribution in [0.3, 0.4) is 0 Å². The third kappa shape index (κ3) is 4.93. The lowest BCUT2D eigenvalue weighted by molar-refractivity contribution is 0.353.